The molecule has 0 aromatic heterocycles. The van der Waals surface area contributed by atoms with Crippen LogP contribution < -0.4 is 11.5 Å². The quantitative estimate of drug-likeness (QED) is 0.553. The molecule has 4 N–H and O–H groups in total. The first kappa shape index (κ1) is 10.4. The molecule has 0 amide bonds. The van der Waals surface area contributed by atoms with Crippen LogP contribution in [0.5, 0.6) is 0 Å². The number of nitrogens with two attached hydrogens (primary N) is 2. The van der Waals surface area contributed by atoms with Gasteiger partial charge in [0.15, 0.2) is 5.96 Å². The molecular formula is C8H8F3N3. The van der Waals surface area contributed by atoms with Gasteiger partial charge in [-0.25, -0.2) is 18.2 Å². The van der Waals surface area contributed by atoms with Crippen LogP contribution in [0.2, 0.25) is 0 Å². The molecule has 76 valence electrons. The van der Waals surface area contributed by atoms with E-state index in [0.717, 1.165) is 0 Å². The van der Waals surface area contributed by atoms with E-state index in [2.05, 4.69) is 4.99 Å². The van der Waals surface area contributed by atoms with Gasteiger partial charge in [-0.2, -0.15) is 0 Å². The van der Waals surface area contributed by atoms with E-state index in [1.165, 1.54) is 0 Å². The number of rotatable bonds is 2. The summed E-state index contributed by atoms with van der Waals surface area (Å²) in [6.07, 6.45) is 0. The number of hydrogen-bond donors (Lipinski definition) is 2. The van der Waals surface area contributed by atoms with Crippen LogP contribution in [-0.2, 0) is 6.54 Å². The number of hydrogen-bond acceptors (Lipinski definition) is 1. The van der Waals surface area contributed by atoms with E-state index in [0.29, 0.717) is 12.1 Å². The minimum absolute atomic E-state index is 0.284. The van der Waals surface area contributed by atoms with Gasteiger partial charge in [0.05, 0.1) is 6.54 Å². The molecule has 0 fully saturated rings. The van der Waals surface area contributed by atoms with Gasteiger partial charge in [0, 0.05) is 17.7 Å². The molecule has 0 atom stereocenters. The zero-order chi connectivity index (χ0) is 10.7. The average Bonchev–Trinajstić information content (AvgIpc) is 2.01. The van der Waals surface area contributed by atoms with Crippen molar-refractivity contribution in [3.8, 4) is 0 Å². The van der Waals surface area contributed by atoms with Crippen LogP contribution >= 0.6 is 0 Å². The van der Waals surface area contributed by atoms with E-state index in [1.807, 2.05) is 0 Å². The molecule has 0 saturated heterocycles. The number of aliphatic imine (C=N–C) groups is 1. The largest absolute Gasteiger partial charge is 0.370 e. The Labute approximate surface area is 78.2 Å². The highest BCUT2D eigenvalue weighted by Gasteiger charge is 2.10. The predicted molar refractivity (Wildman–Crippen MR) is 45.8 cm³/mol. The van der Waals surface area contributed by atoms with E-state index in [-0.39, 0.29) is 18.1 Å². The molecule has 1 aromatic rings. The first-order valence-electron chi connectivity index (χ1n) is 3.69. The summed E-state index contributed by atoms with van der Waals surface area (Å²) < 4.78 is 38.3. The van der Waals surface area contributed by atoms with E-state index >= 15 is 0 Å². The zero-order valence-corrected chi connectivity index (χ0v) is 7.10. The highest BCUT2D eigenvalue weighted by molar-refractivity contribution is 5.75. The fraction of sp³-hybridized carbons (Fsp3) is 0.125. The van der Waals surface area contributed by atoms with Crippen LogP contribution in [0.3, 0.4) is 0 Å². The highest BCUT2D eigenvalue weighted by Crippen LogP contribution is 2.15. The Hall–Kier alpha value is -1.72. The second kappa shape index (κ2) is 3.99. The second-order valence-electron chi connectivity index (χ2n) is 2.59. The summed E-state index contributed by atoms with van der Waals surface area (Å²) in [6.45, 7) is -0.347. The highest BCUT2D eigenvalue weighted by atomic mass is 19.1. The average molecular weight is 203 g/mol. The van der Waals surface area contributed by atoms with Crippen molar-refractivity contribution in [3.05, 3.63) is 35.1 Å². The maximum Gasteiger partial charge on any atom is 0.186 e. The third kappa shape index (κ3) is 2.38. The van der Waals surface area contributed by atoms with E-state index < -0.39 is 17.5 Å². The first-order chi connectivity index (χ1) is 6.50. The van der Waals surface area contributed by atoms with Crippen molar-refractivity contribution in [1.29, 1.82) is 0 Å². The van der Waals surface area contributed by atoms with E-state index in [1.54, 1.807) is 0 Å². The molecule has 0 aliphatic rings. The maximum absolute atomic E-state index is 12.9. The number of benzene rings is 1. The van der Waals surface area contributed by atoms with Crippen LogP contribution in [0.4, 0.5) is 13.2 Å². The molecule has 0 unspecified atom stereocenters. The van der Waals surface area contributed by atoms with Crippen LogP contribution in [0.25, 0.3) is 0 Å². The maximum atomic E-state index is 12.9. The molecule has 0 spiro atoms. The van der Waals surface area contributed by atoms with Gasteiger partial charge < -0.3 is 11.5 Å². The zero-order valence-electron chi connectivity index (χ0n) is 7.10. The molecule has 1 rings (SSSR count). The first-order valence-corrected chi connectivity index (χ1v) is 3.69. The molecule has 3 nitrogen and oxygen atoms in total. The van der Waals surface area contributed by atoms with Crippen LogP contribution in [0, 0.1) is 17.5 Å². The summed E-state index contributed by atoms with van der Waals surface area (Å²) in [6, 6.07) is 1.14. The third-order valence-electron chi connectivity index (χ3n) is 1.53. The van der Waals surface area contributed by atoms with Crippen LogP contribution in [0.15, 0.2) is 17.1 Å². The molecule has 0 saturated carbocycles. The Morgan fingerprint density at radius 2 is 1.64 bits per heavy atom. The van der Waals surface area contributed by atoms with Gasteiger partial charge in [-0.05, 0) is 0 Å². The van der Waals surface area contributed by atoms with E-state index in [4.69, 9.17) is 11.5 Å². The molecular weight excluding hydrogens is 195 g/mol. The van der Waals surface area contributed by atoms with Crippen molar-refractivity contribution < 1.29 is 13.2 Å². The second-order valence-corrected chi connectivity index (χ2v) is 2.59. The van der Waals surface area contributed by atoms with Crippen molar-refractivity contribution in [3.63, 3.8) is 0 Å². The molecule has 14 heavy (non-hydrogen) atoms. The summed E-state index contributed by atoms with van der Waals surface area (Å²) in [7, 11) is 0. The molecule has 0 heterocycles. The molecule has 0 aliphatic carbocycles. The lowest BCUT2D eigenvalue weighted by Gasteiger charge is -2.01. The Kier molecular flexibility index (Phi) is 2.95. The summed E-state index contributed by atoms with van der Waals surface area (Å²) in [5, 5.41) is 0. The van der Waals surface area contributed by atoms with Gasteiger partial charge in [0.2, 0.25) is 0 Å². The third-order valence-corrected chi connectivity index (χ3v) is 1.53. The normalized spacial score (nSPS) is 9.93. The van der Waals surface area contributed by atoms with Crippen molar-refractivity contribution in [2.24, 2.45) is 16.5 Å². The smallest absolute Gasteiger partial charge is 0.186 e. The molecule has 0 radical (unpaired) electrons. The minimum atomic E-state index is -1.01. The van der Waals surface area contributed by atoms with Gasteiger partial charge in [-0.3, -0.25) is 0 Å². The number of guanidine groups is 1. The fourth-order valence-corrected chi connectivity index (χ4v) is 0.893. The minimum Gasteiger partial charge on any atom is -0.370 e. The fourth-order valence-electron chi connectivity index (χ4n) is 0.893. The van der Waals surface area contributed by atoms with Gasteiger partial charge in [0.25, 0.3) is 0 Å². The number of halogens is 3. The SMILES string of the molecule is NC(N)=NCc1c(F)cc(F)cc1F. The molecule has 0 bridgehead atoms. The van der Waals surface area contributed by atoms with Crippen molar-refractivity contribution >= 4 is 5.96 Å². The van der Waals surface area contributed by atoms with Gasteiger partial charge >= 0.3 is 0 Å². The lowest BCUT2D eigenvalue weighted by atomic mass is 10.2. The Balaban J connectivity index is 3.03. The molecule has 0 aliphatic heterocycles. The standard InChI is InChI=1S/C8H8F3N3/c9-4-1-6(10)5(7(11)2-4)3-14-8(12)13/h1-2H,3H2,(H4,12,13,14). The molecule has 1 aromatic carbocycles. The monoisotopic (exact) mass is 203 g/mol. The summed E-state index contributed by atoms with van der Waals surface area (Å²) in [5.74, 6) is -3.28. The summed E-state index contributed by atoms with van der Waals surface area (Å²) in [5.41, 5.74) is 9.60. The predicted octanol–water partition coefficient (Wildman–Crippen LogP) is 0.877. The number of nitrogens with zero attached hydrogens (tertiary/aromatic N) is 1. The van der Waals surface area contributed by atoms with Gasteiger partial charge in [-0.15, -0.1) is 0 Å². The van der Waals surface area contributed by atoms with Gasteiger partial charge in [0.1, 0.15) is 17.5 Å². The summed E-state index contributed by atoms with van der Waals surface area (Å²) >= 11 is 0. The topological polar surface area (TPSA) is 64.4 Å². The van der Waals surface area contributed by atoms with Gasteiger partial charge in [-0.1, -0.05) is 0 Å². The lowest BCUT2D eigenvalue weighted by Crippen LogP contribution is -2.22. The van der Waals surface area contributed by atoms with Crippen LogP contribution in [0.1, 0.15) is 5.56 Å². The summed E-state index contributed by atoms with van der Waals surface area (Å²) in [4.78, 5) is 3.42. The van der Waals surface area contributed by atoms with Crippen molar-refractivity contribution in [2.45, 2.75) is 6.54 Å². The lowest BCUT2D eigenvalue weighted by molar-refractivity contribution is 0.524. The van der Waals surface area contributed by atoms with Crippen molar-refractivity contribution in [2.75, 3.05) is 0 Å². The Morgan fingerprint density at radius 3 is 2.07 bits per heavy atom. The van der Waals surface area contributed by atoms with E-state index in [9.17, 15) is 13.2 Å². The molecule has 6 heteroatoms. The van der Waals surface area contributed by atoms with Crippen LogP contribution in [-0.4, -0.2) is 5.96 Å². The van der Waals surface area contributed by atoms with Crippen molar-refractivity contribution in [1.82, 2.24) is 0 Å². The Bertz CT molecular complexity index is 349. The Morgan fingerprint density at radius 1 is 1.14 bits per heavy atom.